The number of rotatable bonds is 3. The number of alkyl halides is 3. The fourth-order valence-corrected chi connectivity index (χ4v) is 3.71. The topological polar surface area (TPSA) is 83.6 Å². The van der Waals surface area contributed by atoms with Crippen LogP contribution in [-0.4, -0.2) is 20.7 Å². The van der Waals surface area contributed by atoms with Crippen LogP contribution < -0.4 is 5.32 Å². The van der Waals surface area contributed by atoms with Gasteiger partial charge in [0.15, 0.2) is 0 Å². The second-order valence-electron chi connectivity index (χ2n) is 7.47. The molecule has 0 saturated heterocycles. The number of carbonyl (C=O) groups excluding carboxylic acids is 1. The average molecular weight is 443 g/mol. The summed E-state index contributed by atoms with van der Waals surface area (Å²) in [4.78, 5) is 16.1. The van der Waals surface area contributed by atoms with Crippen LogP contribution in [0.3, 0.4) is 0 Å². The van der Waals surface area contributed by atoms with E-state index in [0.29, 0.717) is 24.4 Å². The molecule has 3 aromatic rings. The Balaban J connectivity index is 1.64. The first kappa shape index (κ1) is 21.5. The minimum Gasteiger partial charge on any atom is -0.344 e. The standard InChI is InChI=1S/C22H17F4N5O/c23-16-8-13(12-27)7-15(9-16)21(32)29-17-3-1-2-6-31-19(17)11-18(30-31)14-4-5-28-20(10-14)22(24,25)26/h4-5,7-11,17H,1-3,6H2,(H,29,32)/t17-/m0/s1. The van der Waals surface area contributed by atoms with Gasteiger partial charge >= 0.3 is 6.18 Å². The van der Waals surface area contributed by atoms with Crippen LogP contribution in [0.1, 0.15) is 52.6 Å². The van der Waals surface area contributed by atoms with E-state index in [1.165, 1.54) is 12.1 Å². The molecular weight excluding hydrogens is 426 g/mol. The van der Waals surface area contributed by atoms with Gasteiger partial charge in [0.05, 0.1) is 29.1 Å². The van der Waals surface area contributed by atoms with Crippen molar-refractivity contribution in [3.63, 3.8) is 0 Å². The van der Waals surface area contributed by atoms with Crippen molar-refractivity contribution in [3.05, 3.63) is 70.9 Å². The summed E-state index contributed by atoms with van der Waals surface area (Å²) in [6.45, 7) is 0.553. The van der Waals surface area contributed by atoms with Crippen molar-refractivity contribution in [1.29, 1.82) is 5.26 Å². The van der Waals surface area contributed by atoms with E-state index >= 15 is 0 Å². The number of halogens is 4. The van der Waals surface area contributed by atoms with E-state index in [9.17, 15) is 22.4 Å². The first-order valence-electron chi connectivity index (χ1n) is 9.87. The number of hydrogen-bond acceptors (Lipinski definition) is 4. The molecule has 6 nitrogen and oxygen atoms in total. The Labute approximate surface area is 180 Å². The smallest absolute Gasteiger partial charge is 0.344 e. The zero-order valence-electron chi connectivity index (χ0n) is 16.7. The second-order valence-corrected chi connectivity index (χ2v) is 7.47. The van der Waals surface area contributed by atoms with E-state index < -0.39 is 29.6 Å². The third-order valence-corrected chi connectivity index (χ3v) is 5.22. The summed E-state index contributed by atoms with van der Waals surface area (Å²) in [6.07, 6.45) is -1.33. The van der Waals surface area contributed by atoms with Gasteiger partial charge in [0, 0.05) is 23.9 Å². The Hall–Kier alpha value is -3.74. The van der Waals surface area contributed by atoms with Crippen molar-refractivity contribution in [3.8, 4) is 17.3 Å². The van der Waals surface area contributed by atoms with Crippen LogP contribution >= 0.6 is 0 Å². The first-order chi connectivity index (χ1) is 15.2. The maximum atomic E-state index is 13.7. The quantitative estimate of drug-likeness (QED) is 0.599. The van der Waals surface area contributed by atoms with Crippen molar-refractivity contribution >= 4 is 5.91 Å². The minimum absolute atomic E-state index is 0.0149. The van der Waals surface area contributed by atoms with Gasteiger partial charge in [-0.25, -0.2) is 4.39 Å². The summed E-state index contributed by atoms with van der Waals surface area (Å²) in [7, 11) is 0. The van der Waals surface area contributed by atoms with Gasteiger partial charge in [0.1, 0.15) is 11.5 Å². The van der Waals surface area contributed by atoms with Crippen LogP contribution in [0.15, 0.2) is 42.6 Å². The number of nitrogens with one attached hydrogen (secondary N) is 1. The number of hydrogen-bond donors (Lipinski definition) is 1. The molecule has 10 heteroatoms. The summed E-state index contributed by atoms with van der Waals surface area (Å²) in [5, 5.41) is 16.3. The Morgan fingerprint density at radius 3 is 2.75 bits per heavy atom. The van der Waals surface area contributed by atoms with Gasteiger partial charge in [0.25, 0.3) is 5.91 Å². The van der Waals surface area contributed by atoms with Gasteiger partial charge in [-0.05, 0) is 55.7 Å². The van der Waals surface area contributed by atoms with Crippen LogP contribution in [0.2, 0.25) is 0 Å². The van der Waals surface area contributed by atoms with Crippen molar-refractivity contribution in [1.82, 2.24) is 20.1 Å². The van der Waals surface area contributed by atoms with Crippen LogP contribution in [0.25, 0.3) is 11.3 Å². The summed E-state index contributed by atoms with van der Waals surface area (Å²) in [5.74, 6) is -1.24. The molecule has 4 rings (SSSR count). The molecule has 164 valence electrons. The number of aryl methyl sites for hydroxylation is 1. The number of aromatic nitrogens is 3. The van der Waals surface area contributed by atoms with Gasteiger partial charge in [-0.2, -0.15) is 23.5 Å². The molecule has 1 aromatic carbocycles. The molecule has 0 aliphatic carbocycles. The Bertz CT molecular complexity index is 1210. The van der Waals surface area contributed by atoms with E-state index in [4.69, 9.17) is 5.26 Å². The van der Waals surface area contributed by atoms with Crippen LogP contribution in [0.5, 0.6) is 0 Å². The molecule has 1 N–H and O–H groups in total. The third kappa shape index (κ3) is 4.46. The van der Waals surface area contributed by atoms with Crippen molar-refractivity contribution < 1.29 is 22.4 Å². The predicted octanol–water partition coefficient (Wildman–Crippen LogP) is 4.63. The lowest BCUT2D eigenvalue weighted by molar-refractivity contribution is -0.141. The lowest BCUT2D eigenvalue weighted by Crippen LogP contribution is -2.29. The molecule has 1 aliphatic heterocycles. The molecule has 0 saturated carbocycles. The normalized spacial score (nSPS) is 16.0. The SMILES string of the molecule is N#Cc1cc(F)cc(C(=O)N[C@H]2CCCCn3nc(-c4ccnc(C(F)(F)F)c4)cc32)c1. The maximum absolute atomic E-state index is 13.7. The summed E-state index contributed by atoms with van der Waals surface area (Å²) >= 11 is 0. The molecule has 1 atom stereocenters. The molecule has 1 aliphatic rings. The third-order valence-electron chi connectivity index (χ3n) is 5.22. The van der Waals surface area contributed by atoms with E-state index in [-0.39, 0.29) is 16.7 Å². The first-order valence-corrected chi connectivity index (χ1v) is 9.87. The zero-order chi connectivity index (χ0) is 22.9. The predicted molar refractivity (Wildman–Crippen MR) is 106 cm³/mol. The molecule has 0 fully saturated rings. The lowest BCUT2D eigenvalue weighted by atomic mass is 10.0. The number of benzene rings is 1. The van der Waals surface area contributed by atoms with Crippen LogP contribution in [-0.2, 0) is 12.7 Å². The van der Waals surface area contributed by atoms with Crippen molar-refractivity contribution in [2.45, 2.75) is 38.0 Å². The molecule has 32 heavy (non-hydrogen) atoms. The number of amides is 1. The van der Waals surface area contributed by atoms with Gasteiger partial charge in [-0.15, -0.1) is 0 Å². The van der Waals surface area contributed by atoms with Gasteiger partial charge < -0.3 is 5.32 Å². The molecule has 0 unspecified atom stereocenters. The molecule has 0 spiro atoms. The number of pyridine rings is 1. The number of fused-ring (bicyclic) bond motifs is 1. The highest BCUT2D eigenvalue weighted by Gasteiger charge is 2.33. The van der Waals surface area contributed by atoms with Crippen LogP contribution in [0, 0.1) is 17.1 Å². The minimum atomic E-state index is -4.57. The molecule has 0 radical (unpaired) electrons. The highest BCUT2D eigenvalue weighted by molar-refractivity contribution is 5.94. The number of nitrogens with zero attached hydrogens (tertiary/aromatic N) is 4. The fourth-order valence-electron chi connectivity index (χ4n) is 3.71. The Morgan fingerprint density at radius 2 is 2.00 bits per heavy atom. The van der Waals surface area contributed by atoms with Gasteiger partial charge in [-0.3, -0.25) is 14.5 Å². The summed E-state index contributed by atoms with van der Waals surface area (Å²) < 4.78 is 54.5. The molecular formula is C22H17F4N5O. The van der Waals surface area contributed by atoms with E-state index in [0.717, 1.165) is 37.2 Å². The van der Waals surface area contributed by atoms with E-state index in [1.807, 2.05) is 6.07 Å². The average Bonchev–Trinajstić information content (AvgIpc) is 3.10. The maximum Gasteiger partial charge on any atom is 0.433 e. The monoisotopic (exact) mass is 443 g/mol. The fraction of sp³-hybridized carbons (Fsp3) is 0.273. The molecule has 1 amide bonds. The van der Waals surface area contributed by atoms with Crippen molar-refractivity contribution in [2.75, 3.05) is 0 Å². The Kier molecular flexibility index (Phi) is 5.65. The number of carbonyl (C=O) groups is 1. The zero-order valence-corrected chi connectivity index (χ0v) is 16.7. The van der Waals surface area contributed by atoms with Crippen LogP contribution in [0.4, 0.5) is 17.6 Å². The van der Waals surface area contributed by atoms with E-state index in [1.54, 1.807) is 10.7 Å². The van der Waals surface area contributed by atoms with Crippen molar-refractivity contribution in [2.24, 2.45) is 0 Å². The highest BCUT2D eigenvalue weighted by Crippen LogP contribution is 2.32. The number of nitriles is 1. The molecule has 2 aromatic heterocycles. The van der Waals surface area contributed by atoms with Gasteiger partial charge in [0.2, 0.25) is 0 Å². The largest absolute Gasteiger partial charge is 0.433 e. The molecule has 0 bridgehead atoms. The summed E-state index contributed by atoms with van der Waals surface area (Å²) in [5.41, 5.74) is 0.284. The second kappa shape index (κ2) is 8.42. The lowest BCUT2D eigenvalue weighted by Gasteiger charge is -2.17. The molecule has 3 heterocycles. The Morgan fingerprint density at radius 1 is 1.19 bits per heavy atom. The van der Waals surface area contributed by atoms with E-state index in [2.05, 4.69) is 15.4 Å². The van der Waals surface area contributed by atoms with Gasteiger partial charge in [-0.1, -0.05) is 0 Å². The summed E-state index contributed by atoms with van der Waals surface area (Å²) in [6, 6.07) is 8.76. The highest BCUT2D eigenvalue weighted by atomic mass is 19.4.